The standard InChI is InChI=1S/C40H72O11S/c1-14-31(26-48-29-47-21-20-43-8)22-30(2)35(41)25-34(51-52(12,13)39(3,4)5)18-19-40(6,7)33-17-15-16-32(23-33)24-36(49-27-44-9)37(38(42)46-11)50-28-45-10/h15-17,22-23,31,34-37,41H,14,18-21,24-29H2,1-13H3/b30-22-. The molecule has 0 amide bonds. The number of benzene rings is 1. The summed E-state index contributed by atoms with van der Waals surface area (Å²) < 4.78 is 49.9. The van der Waals surface area contributed by atoms with E-state index in [9.17, 15) is 9.90 Å². The molecule has 0 saturated heterocycles. The first-order chi connectivity index (χ1) is 24.5. The lowest BCUT2D eigenvalue weighted by molar-refractivity contribution is -0.187. The van der Waals surface area contributed by atoms with Crippen LogP contribution < -0.4 is 0 Å². The molecule has 1 aromatic carbocycles. The third kappa shape index (κ3) is 17.7. The summed E-state index contributed by atoms with van der Waals surface area (Å²) in [6.45, 7) is 16.9. The van der Waals surface area contributed by atoms with Crippen molar-refractivity contribution in [1.82, 2.24) is 0 Å². The Balaban J connectivity index is 3.19. The number of carbonyl (C=O) groups excluding carboxylic acids is 1. The van der Waals surface area contributed by atoms with Crippen molar-refractivity contribution in [2.75, 3.05) is 81.2 Å². The molecular formula is C40H72O11S. The van der Waals surface area contributed by atoms with Gasteiger partial charge in [0.1, 0.15) is 26.5 Å². The van der Waals surface area contributed by atoms with Gasteiger partial charge in [0.15, 0.2) is 6.10 Å². The zero-order valence-electron chi connectivity index (χ0n) is 34.5. The highest BCUT2D eigenvalue weighted by atomic mass is 32.3. The van der Waals surface area contributed by atoms with Crippen molar-refractivity contribution in [2.45, 2.75) is 115 Å². The molecule has 1 aromatic rings. The van der Waals surface area contributed by atoms with Gasteiger partial charge in [-0.15, -0.1) is 10.3 Å². The van der Waals surface area contributed by atoms with Crippen molar-refractivity contribution >= 4 is 16.3 Å². The number of hydrogen-bond donors (Lipinski definition) is 1. The summed E-state index contributed by atoms with van der Waals surface area (Å²) in [6.07, 6.45) is 7.48. The van der Waals surface area contributed by atoms with Crippen molar-refractivity contribution in [3.63, 3.8) is 0 Å². The predicted molar refractivity (Wildman–Crippen MR) is 209 cm³/mol. The second-order valence-corrected chi connectivity index (χ2v) is 19.1. The average molecular weight is 761 g/mol. The summed E-state index contributed by atoms with van der Waals surface area (Å²) in [6, 6.07) is 8.33. The van der Waals surface area contributed by atoms with Gasteiger partial charge in [0.05, 0.1) is 39.1 Å². The molecule has 12 heteroatoms. The van der Waals surface area contributed by atoms with Gasteiger partial charge in [-0.1, -0.05) is 71.9 Å². The lowest BCUT2D eigenvalue weighted by Crippen LogP contribution is -2.41. The van der Waals surface area contributed by atoms with Crippen LogP contribution in [0.3, 0.4) is 0 Å². The molecule has 1 rings (SSSR count). The van der Waals surface area contributed by atoms with Crippen LogP contribution in [0.5, 0.6) is 0 Å². The molecule has 52 heavy (non-hydrogen) atoms. The second-order valence-electron chi connectivity index (χ2n) is 15.2. The Kier molecular flexibility index (Phi) is 23.1. The van der Waals surface area contributed by atoms with Gasteiger partial charge in [-0.25, -0.2) is 4.79 Å². The fourth-order valence-corrected chi connectivity index (χ4v) is 6.51. The summed E-state index contributed by atoms with van der Waals surface area (Å²) in [5.41, 5.74) is 2.84. The van der Waals surface area contributed by atoms with E-state index in [-0.39, 0.29) is 42.6 Å². The lowest BCUT2D eigenvalue weighted by Gasteiger charge is -2.46. The van der Waals surface area contributed by atoms with E-state index >= 15 is 0 Å². The van der Waals surface area contributed by atoms with Crippen LogP contribution in [0.1, 0.15) is 85.3 Å². The predicted octanol–water partition coefficient (Wildman–Crippen LogP) is 6.96. The molecule has 0 aliphatic carbocycles. The van der Waals surface area contributed by atoms with E-state index in [0.717, 1.165) is 36.0 Å². The number of hydrogen-bond acceptors (Lipinski definition) is 11. The third-order valence-corrected chi connectivity index (χ3v) is 13.3. The summed E-state index contributed by atoms with van der Waals surface area (Å²) in [7, 11) is 4.52. The molecule has 0 radical (unpaired) electrons. The molecule has 0 fully saturated rings. The molecule has 1 N–H and O–H groups in total. The summed E-state index contributed by atoms with van der Waals surface area (Å²) in [5, 5.41) is 11.5. The molecular weight excluding hydrogens is 688 g/mol. The Labute approximate surface area is 316 Å². The molecule has 0 spiro atoms. The highest BCUT2D eigenvalue weighted by Gasteiger charge is 2.35. The van der Waals surface area contributed by atoms with Crippen LogP contribution in [0, 0.1) is 5.92 Å². The van der Waals surface area contributed by atoms with Gasteiger partial charge in [0, 0.05) is 44.8 Å². The fraction of sp³-hybridized carbons (Fsp3) is 0.775. The molecule has 5 atom stereocenters. The number of aliphatic hydroxyl groups is 1. The molecule has 5 unspecified atom stereocenters. The van der Waals surface area contributed by atoms with E-state index in [1.165, 1.54) is 21.3 Å². The number of rotatable bonds is 28. The number of methoxy groups -OCH3 is 4. The molecule has 304 valence electrons. The van der Waals surface area contributed by atoms with Crippen molar-refractivity contribution in [3.05, 3.63) is 47.0 Å². The maximum Gasteiger partial charge on any atom is 0.337 e. The second kappa shape index (κ2) is 24.8. The largest absolute Gasteiger partial charge is 0.467 e. The molecule has 0 heterocycles. The van der Waals surface area contributed by atoms with E-state index in [4.69, 9.17) is 42.1 Å². The highest BCUT2D eigenvalue weighted by Crippen LogP contribution is 2.55. The number of ether oxygens (including phenoxy) is 8. The van der Waals surface area contributed by atoms with Crippen LogP contribution in [0.15, 0.2) is 35.9 Å². The number of carbonyl (C=O) groups is 1. The Morgan fingerprint density at radius 3 is 2.19 bits per heavy atom. The maximum atomic E-state index is 12.6. The Morgan fingerprint density at radius 2 is 1.60 bits per heavy atom. The smallest absolute Gasteiger partial charge is 0.337 e. The minimum Gasteiger partial charge on any atom is -0.467 e. The summed E-state index contributed by atoms with van der Waals surface area (Å²) in [4.78, 5) is 12.6. The van der Waals surface area contributed by atoms with Crippen molar-refractivity contribution in [2.24, 2.45) is 5.92 Å². The maximum absolute atomic E-state index is 12.6. The first-order valence-corrected chi connectivity index (χ1v) is 20.6. The first-order valence-electron chi connectivity index (χ1n) is 18.3. The molecule has 0 aliphatic heterocycles. The summed E-state index contributed by atoms with van der Waals surface area (Å²) in [5.74, 6) is -0.382. The van der Waals surface area contributed by atoms with Crippen molar-refractivity contribution in [1.29, 1.82) is 0 Å². The van der Waals surface area contributed by atoms with Crippen LogP contribution in [-0.4, -0.2) is 121 Å². The normalized spacial score (nSPS) is 16.3. The van der Waals surface area contributed by atoms with E-state index in [1.807, 2.05) is 19.1 Å². The number of esters is 1. The molecule has 11 nitrogen and oxygen atoms in total. The van der Waals surface area contributed by atoms with Gasteiger partial charge in [-0.2, -0.15) is 0 Å². The quantitative estimate of drug-likeness (QED) is 0.0413. The number of aliphatic hydroxyl groups excluding tert-OH is 1. The first kappa shape index (κ1) is 48.4. The molecule has 0 bridgehead atoms. The monoisotopic (exact) mass is 760 g/mol. The van der Waals surface area contributed by atoms with Crippen molar-refractivity contribution < 1.29 is 52.0 Å². The van der Waals surface area contributed by atoms with Crippen LogP contribution in [0.25, 0.3) is 0 Å². The fourth-order valence-electron chi connectivity index (χ4n) is 5.36. The Morgan fingerprint density at radius 1 is 0.923 bits per heavy atom. The van der Waals surface area contributed by atoms with Gasteiger partial charge < -0.3 is 47.2 Å². The summed E-state index contributed by atoms with van der Waals surface area (Å²) >= 11 is 0. The Bertz CT molecular complexity index is 1150. The molecule has 0 aromatic heterocycles. The van der Waals surface area contributed by atoms with E-state index in [1.54, 1.807) is 7.11 Å². The van der Waals surface area contributed by atoms with Crippen molar-refractivity contribution in [3.8, 4) is 0 Å². The molecule has 0 saturated carbocycles. The lowest BCUT2D eigenvalue weighted by atomic mass is 9.78. The van der Waals surface area contributed by atoms with Crippen LogP contribution in [0.4, 0.5) is 0 Å². The Hall–Kier alpha value is -1.58. The van der Waals surface area contributed by atoms with Gasteiger partial charge in [-0.05, 0) is 60.8 Å². The topological polar surface area (TPSA) is 120 Å². The van der Waals surface area contributed by atoms with Gasteiger partial charge in [0.2, 0.25) is 0 Å². The van der Waals surface area contributed by atoms with Crippen LogP contribution in [0.2, 0.25) is 0 Å². The highest BCUT2D eigenvalue weighted by molar-refractivity contribution is 8.29. The van der Waals surface area contributed by atoms with Gasteiger partial charge in [0.25, 0.3) is 0 Å². The minimum atomic E-state index is -1.46. The SMILES string of the molecule is CCC(/C=C(/C)C(O)CC(CCC(C)(C)c1cccc(CC(OCOC)C(OCOC)C(=O)OC)c1)OS(C)(C)C(C)(C)C)COCOCCOC. The van der Waals surface area contributed by atoms with E-state index in [0.29, 0.717) is 32.7 Å². The minimum absolute atomic E-state index is 0.00829. The van der Waals surface area contributed by atoms with Crippen LogP contribution >= 0.6 is 10.3 Å². The van der Waals surface area contributed by atoms with Gasteiger partial charge in [-0.3, -0.25) is 0 Å². The van der Waals surface area contributed by atoms with E-state index in [2.05, 4.69) is 72.3 Å². The van der Waals surface area contributed by atoms with Gasteiger partial charge >= 0.3 is 5.97 Å². The third-order valence-electron chi connectivity index (χ3n) is 9.59. The van der Waals surface area contributed by atoms with Crippen LogP contribution in [-0.2, 0) is 58.7 Å². The van der Waals surface area contributed by atoms with E-state index < -0.39 is 34.6 Å². The average Bonchev–Trinajstić information content (AvgIpc) is 3.09. The zero-order chi connectivity index (χ0) is 39.4. The zero-order valence-corrected chi connectivity index (χ0v) is 35.3. The molecule has 0 aliphatic rings.